The average Bonchev–Trinajstić information content (AvgIpc) is 2.57. The van der Waals surface area contributed by atoms with E-state index in [2.05, 4.69) is 10.1 Å². The van der Waals surface area contributed by atoms with Gasteiger partial charge < -0.3 is 14.8 Å². The van der Waals surface area contributed by atoms with Crippen LogP contribution in [0, 0.1) is 11.6 Å². The first-order valence-electron chi connectivity index (χ1n) is 6.94. The average molecular weight is 335 g/mol. The molecule has 126 valence electrons. The van der Waals surface area contributed by atoms with Gasteiger partial charge in [0.25, 0.3) is 0 Å². The second-order valence-corrected chi connectivity index (χ2v) is 4.88. The molecule has 0 saturated heterocycles. The van der Waals surface area contributed by atoms with Gasteiger partial charge >= 0.3 is 5.97 Å². The van der Waals surface area contributed by atoms with Crippen molar-refractivity contribution < 1.29 is 27.8 Å². The highest BCUT2D eigenvalue weighted by Gasteiger charge is 2.18. The Kier molecular flexibility index (Phi) is 5.47. The molecule has 2 aromatic carbocycles. The zero-order valence-corrected chi connectivity index (χ0v) is 13.1. The second-order valence-electron chi connectivity index (χ2n) is 4.88. The van der Waals surface area contributed by atoms with E-state index in [1.807, 2.05) is 0 Å². The van der Waals surface area contributed by atoms with Gasteiger partial charge in [0, 0.05) is 6.07 Å². The van der Waals surface area contributed by atoms with E-state index in [0.29, 0.717) is 17.4 Å². The summed E-state index contributed by atoms with van der Waals surface area (Å²) in [6.45, 7) is 0. The number of ether oxygens (including phenoxy) is 2. The smallest absolute Gasteiger partial charge is 0.340 e. The lowest BCUT2D eigenvalue weighted by molar-refractivity contribution is -0.115. The van der Waals surface area contributed by atoms with Crippen LogP contribution in [0.1, 0.15) is 15.9 Å². The maximum absolute atomic E-state index is 13.8. The first-order chi connectivity index (χ1) is 11.4. The van der Waals surface area contributed by atoms with Crippen molar-refractivity contribution in [3.8, 4) is 5.75 Å². The van der Waals surface area contributed by atoms with E-state index in [0.717, 1.165) is 13.2 Å². The fourth-order valence-corrected chi connectivity index (χ4v) is 2.03. The van der Waals surface area contributed by atoms with Gasteiger partial charge in [-0.15, -0.1) is 0 Å². The molecule has 0 aliphatic rings. The summed E-state index contributed by atoms with van der Waals surface area (Å²) in [6, 6.07) is 8.20. The predicted molar refractivity (Wildman–Crippen MR) is 83.0 cm³/mol. The van der Waals surface area contributed by atoms with Crippen LogP contribution in [0.5, 0.6) is 5.75 Å². The van der Waals surface area contributed by atoms with Crippen LogP contribution in [0.25, 0.3) is 0 Å². The number of amides is 1. The summed E-state index contributed by atoms with van der Waals surface area (Å²) in [4.78, 5) is 23.4. The molecule has 24 heavy (non-hydrogen) atoms. The van der Waals surface area contributed by atoms with Gasteiger partial charge in [-0.3, -0.25) is 4.79 Å². The maximum atomic E-state index is 13.8. The number of hydrogen-bond donors (Lipinski definition) is 1. The number of methoxy groups -OCH3 is 2. The molecule has 7 heteroatoms. The maximum Gasteiger partial charge on any atom is 0.340 e. The van der Waals surface area contributed by atoms with Crippen LogP contribution >= 0.6 is 0 Å². The minimum Gasteiger partial charge on any atom is -0.497 e. The van der Waals surface area contributed by atoms with Crippen molar-refractivity contribution in [3.05, 3.63) is 59.2 Å². The normalized spacial score (nSPS) is 10.2. The molecule has 0 radical (unpaired) electrons. The first-order valence-corrected chi connectivity index (χ1v) is 6.94. The van der Waals surface area contributed by atoms with Crippen molar-refractivity contribution in [3.63, 3.8) is 0 Å². The zero-order chi connectivity index (χ0) is 17.7. The summed E-state index contributed by atoms with van der Waals surface area (Å²) in [6.07, 6.45) is -0.0195. The van der Waals surface area contributed by atoms with Crippen molar-refractivity contribution in [1.82, 2.24) is 0 Å². The Morgan fingerprint density at radius 3 is 2.29 bits per heavy atom. The van der Waals surface area contributed by atoms with E-state index < -0.39 is 29.1 Å². The Morgan fingerprint density at radius 1 is 1.04 bits per heavy atom. The van der Waals surface area contributed by atoms with E-state index in [1.54, 1.807) is 24.3 Å². The Bertz CT molecular complexity index is 760. The largest absolute Gasteiger partial charge is 0.497 e. The van der Waals surface area contributed by atoms with Gasteiger partial charge in [0.15, 0.2) is 0 Å². The number of rotatable bonds is 5. The lowest BCUT2D eigenvalue weighted by Gasteiger charge is -2.09. The molecule has 0 spiro atoms. The van der Waals surface area contributed by atoms with Crippen LogP contribution in [-0.2, 0) is 16.0 Å². The molecule has 0 aliphatic carbocycles. The second kappa shape index (κ2) is 7.54. The molecule has 5 nitrogen and oxygen atoms in total. The SMILES string of the molecule is COC(=O)c1cc(NC(=O)Cc2ccc(OC)cc2)c(F)cc1F. The summed E-state index contributed by atoms with van der Waals surface area (Å²) < 4.78 is 36.8. The standard InChI is InChI=1S/C17H15F2NO4/c1-23-11-5-3-10(4-6-11)7-16(21)20-15-8-12(17(22)24-2)13(18)9-14(15)19/h3-6,8-9H,7H2,1-2H3,(H,20,21). The Labute approximate surface area is 137 Å². The number of halogens is 2. The monoisotopic (exact) mass is 335 g/mol. The molecule has 0 unspecified atom stereocenters. The van der Waals surface area contributed by atoms with Crippen LogP contribution in [0.15, 0.2) is 36.4 Å². The van der Waals surface area contributed by atoms with Crippen molar-refractivity contribution in [2.75, 3.05) is 19.5 Å². The molecule has 0 bridgehead atoms. The molecule has 0 heterocycles. The van der Waals surface area contributed by atoms with Gasteiger partial charge in [-0.05, 0) is 23.8 Å². The molecule has 0 aliphatic heterocycles. The van der Waals surface area contributed by atoms with Crippen molar-refractivity contribution in [1.29, 1.82) is 0 Å². The number of anilines is 1. The third kappa shape index (κ3) is 4.07. The van der Waals surface area contributed by atoms with Crippen molar-refractivity contribution in [2.24, 2.45) is 0 Å². The minimum atomic E-state index is -1.06. The van der Waals surface area contributed by atoms with Crippen LogP contribution in [0.4, 0.5) is 14.5 Å². The topological polar surface area (TPSA) is 64.6 Å². The molecular weight excluding hydrogens is 320 g/mol. The van der Waals surface area contributed by atoms with Gasteiger partial charge in [0.05, 0.1) is 31.9 Å². The van der Waals surface area contributed by atoms with Gasteiger partial charge in [-0.2, -0.15) is 0 Å². The Morgan fingerprint density at radius 2 is 1.71 bits per heavy atom. The van der Waals surface area contributed by atoms with Gasteiger partial charge in [-0.1, -0.05) is 12.1 Å². The highest BCUT2D eigenvalue weighted by atomic mass is 19.1. The van der Waals surface area contributed by atoms with Crippen LogP contribution < -0.4 is 10.1 Å². The lowest BCUT2D eigenvalue weighted by atomic mass is 10.1. The molecule has 0 atom stereocenters. The van der Waals surface area contributed by atoms with E-state index in [-0.39, 0.29) is 12.1 Å². The highest BCUT2D eigenvalue weighted by molar-refractivity contribution is 5.95. The Hall–Kier alpha value is -2.96. The number of benzene rings is 2. The van der Waals surface area contributed by atoms with E-state index in [4.69, 9.17) is 4.74 Å². The van der Waals surface area contributed by atoms with Crippen LogP contribution in [0.3, 0.4) is 0 Å². The summed E-state index contributed by atoms with van der Waals surface area (Å²) in [7, 11) is 2.60. The van der Waals surface area contributed by atoms with Gasteiger partial charge in [-0.25, -0.2) is 13.6 Å². The van der Waals surface area contributed by atoms with Crippen LogP contribution in [0.2, 0.25) is 0 Å². The van der Waals surface area contributed by atoms with Gasteiger partial charge in [0.1, 0.15) is 17.4 Å². The van der Waals surface area contributed by atoms with Gasteiger partial charge in [0.2, 0.25) is 5.91 Å². The third-order valence-electron chi connectivity index (χ3n) is 3.26. The lowest BCUT2D eigenvalue weighted by Crippen LogP contribution is -2.16. The fraction of sp³-hybridized carbons (Fsp3) is 0.176. The number of carbonyl (C=O) groups excluding carboxylic acids is 2. The molecule has 1 N–H and O–H groups in total. The molecule has 2 rings (SSSR count). The number of hydrogen-bond acceptors (Lipinski definition) is 4. The number of carbonyl (C=O) groups is 2. The minimum absolute atomic E-state index is 0.0195. The predicted octanol–water partition coefficient (Wildman–Crippen LogP) is 2.94. The molecule has 1 amide bonds. The molecule has 0 fully saturated rings. The number of esters is 1. The fourth-order valence-electron chi connectivity index (χ4n) is 2.03. The molecule has 2 aromatic rings. The van der Waals surface area contributed by atoms with E-state index >= 15 is 0 Å². The third-order valence-corrected chi connectivity index (χ3v) is 3.26. The summed E-state index contributed by atoms with van der Waals surface area (Å²) in [5.41, 5.74) is -0.0713. The van der Waals surface area contributed by atoms with E-state index in [9.17, 15) is 18.4 Å². The first kappa shape index (κ1) is 17.4. The summed E-state index contributed by atoms with van der Waals surface area (Å²) in [5.74, 6) is -2.87. The highest BCUT2D eigenvalue weighted by Crippen LogP contribution is 2.21. The number of nitrogens with one attached hydrogen (secondary N) is 1. The Balaban J connectivity index is 2.14. The van der Waals surface area contributed by atoms with Crippen LogP contribution in [-0.4, -0.2) is 26.1 Å². The van der Waals surface area contributed by atoms with E-state index in [1.165, 1.54) is 7.11 Å². The van der Waals surface area contributed by atoms with Crippen molar-refractivity contribution >= 4 is 17.6 Å². The van der Waals surface area contributed by atoms with Crippen molar-refractivity contribution in [2.45, 2.75) is 6.42 Å². The quantitative estimate of drug-likeness (QED) is 0.853. The summed E-state index contributed by atoms with van der Waals surface area (Å²) >= 11 is 0. The molecular formula is C17H15F2NO4. The zero-order valence-electron chi connectivity index (χ0n) is 13.1. The molecule has 0 saturated carbocycles. The molecule has 0 aromatic heterocycles. The summed E-state index contributed by atoms with van der Waals surface area (Å²) in [5, 5.41) is 2.31.